The number of carbonyl (C=O) groups excluding carboxylic acids is 2. The topological polar surface area (TPSA) is 58.2 Å². The van der Waals surface area contributed by atoms with Gasteiger partial charge in [0.05, 0.1) is 5.70 Å². The monoisotopic (exact) mass is 168 g/mol. The second kappa shape index (κ2) is 2.97. The average molecular weight is 168 g/mol. The Bertz CT molecular complexity index is 245. The van der Waals surface area contributed by atoms with Crippen LogP contribution in [0, 0.1) is 5.92 Å². The lowest BCUT2D eigenvalue weighted by Crippen LogP contribution is -2.56. The van der Waals surface area contributed by atoms with Crippen molar-refractivity contribution in [2.24, 2.45) is 5.92 Å². The Morgan fingerprint density at radius 3 is 2.50 bits per heavy atom. The molecule has 2 N–H and O–H groups in total. The molecule has 1 aliphatic rings. The molecular weight excluding hydrogens is 156 g/mol. The molecule has 0 saturated carbocycles. The third kappa shape index (κ3) is 1.47. The molecule has 0 bridgehead atoms. The summed E-state index contributed by atoms with van der Waals surface area (Å²) >= 11 is 0. The van der Waals surface area contributed by atoms with Crippen molar-refractivity contribution >= 4 is 11.8 Å². The highest BCUT2D eigenvalue weighted by Gasteiger charge is 2.30. The Kier molecular flexibility index (Phi) is 2.17. The van der Waals surface area contributed by atoms with Gasteiger partial charge in [-0.2, -0.15) is 0 Å². The average Bonchev–Trinajstić information content (AvgIpc) is 1.96. The van der Waals surface area contributed by atoms with Crippen LogP contribution in [-0.4, -0.2) is 17.9 Å². The molecule has 1 heterocycles. The molecule has 1 fully saturated rings. The van der Waals surface area contributed by atoms with E-state index in [0.717, 1.165) is 0 Å². The predicted molar refractivity (Wildman–Crippen MR) is 44.1 cm³/mol. The molecule has 66 valence electrons. The maximum atomic E-state index is 11.2. The highest BCUT2D eigenvalue weighted by molar-refractivity contribution is 6.04. The van der Waals surface area contributed by atoms with Crippen molar-refractivity contribution in [3.63, 3.8) is 0 Å². The van der Waals surface area contributed by atoms with Crippen molar-refractivity contribution in [1.82, 2.24) is 10.6 Å². The molecule has 0 aliphatic carbocycles. The first kappa shape index (κ1) is 8.77. The summed E-state index contributed by atoms with van der Waals surface area (Å²) in [6.45, 7) is 7.14. The van der Waals surface area contributed by atoms with E-state index in [4.69, 9.17) is 0 Å². The van der Waals surface area contributed by atoms with Gasteiger partial charge in [0.25, 0.3) is 5.91 Å². The van der Waals surface area contributed by atoms with Crippen molar-refractivity contribution in [2.45, 2.75) is 19.9 Å². The van der Waals surface area contributed by atoms with E-state index < -0.39 is 6.04 Å². The maximum absolute atomic E-state index is 11.2. The van der Waals surface area contributed by atoms with Crippen LogP contribution in [0.4, 0.5) is 0 Å². The van der Waals surface area contributed by atoms with E-state index in [1.807, 2.05) is 13.8 Å². The van der Waals surface area contributed by atoms with Crippen LogP contribution in [0.2, 0.25) is 0 Å². The third-order valence-corrected chi connectivity index (χ3v) is 1.78. The van der Waals surface area contributed by atoms with E-state index >= 15 is 0 Å². The third-order valence-electron chi connectivity index (χ3n) is 1.78. The van der Waals surface area contributed by atoms with E-state index in [9.17, 15) is 9.59 Å². The van der Waals surface area contributed by atoms with Crippen LogP contribution >= 0.6 is 0 Å². The van der Waals surface area contributed by atoms with Crippen molar-refractivity contribution in [3.05, 3.63) is 12.3 Å². The van der Waals surface area contributed by atoms with Gasteiger partial charge in [0.1, 0.15) is 6.04 Å². The molecule has 4 heteroatoms. The van der Waals surface area contributed by atoms with E-state index in [2.05, 4.69) is 17.2 Å². The second-order valence-corrected chi connectivity index (χ2v) is 3.16. The lowest BCUT2D eigenvalue weighted by Gasteiger charge is -2.26. The largest absolute Gasteiger partial charge is 0.339 e. The Morgan fingerprint density at radius 1 is 1.42 bits per heavy atom. The molecule has 4 nitrogen and oxygen atoms in total. The SMILES string of the molecule is C=C1NC(=O)C(C(C)C)NC1=O. The summed E-state index contributed by atoms with van der Waals surface area (Å²) in [6, 6.07) is -0.428. The van der Waals surface area contributed by atoms with E-state index in [0.29, 0.717) is 0 Å². The van der Waals surface area contributed by atoms with Gasteiger partial charge in [0.2, 0.25) is 5.91 Å². The molecule has 0 radical (unpaired) electrons. The molecular formula is C8H12N2O2. The van der Waals surface area contributed by atoms with Crippen LogP contribution in [0.25, 0.3) is 0 Å². The first-order chi connectivity index (χ1) is 5.52. The van der Waals surface area contributed by atoms with E-state index in [1.54, 1.807) is 0 Å². The van der Waals surface area contributed by atoms with Gasteiger partial charge in [-0.1, -0.05) is 20.4 Å². The number of piperazine rings is 1. The lowest BCUT2D eigenvalue weighted by molar-refractivity contribution is -0.132. The number of carbonyl (C=O) groups is 2. The fourth-order valence-corrected chi connectivity index (χ4v) is 1.05. The normalized spacial score (nSPS) is 23.9. The minimum atomic E-state index is -0.428. The Morgan fingerprint density at radius 2 is 2.00 bits per heavy atom. The van der Waals surface area contributed by atoms with Crippen molar-refractivity contribution in [1.29, 1.82) is 0 Å². The summed E-state index contributed by atoms with van der Waals surface area (Å²) < 4.78 is 0. The number of hydrogen-bond acceptors (Lipinski definition) is 2. The van der Waals surface area contributed by atoms with Crippen LogP contribution in [-0.2, 0) is 9.59 Å². The van der Waals surface area contributed by atoms with Gasteiger partial charge >= 0.3 is 0 Å². The van der Waals surface area contributed by atoms with E-state index in [1.165, 1.54) is 0 Å². The number of nitrogens with one attached hydrogen (secondary N) is 2. The summed E-state index contributed by atoms with van der Waals surface area (Å²) in [5, 5.41) is 4.98. The van der Waals surface area contributed by atoms with Gasteiger partial charge < -0.3 is 10.6 Å². The minimum Gasteiger partial charge on any atom is -0.339 e. The van der Waals surface area contributed by atoms with Gasteiger partial charge in [-0.3, -0.25) is 9.59 Å². The zero-order chi connectivity index (χ0) is 9.30. The highest BCUT2D eigenvalue weighted by Crippen LogP contribution is 2.07. The highest BCUT2D eigenvalue weighted by atomic mass is 16.2. The molecule has 1 aliphatic heterocycles. The Balaban J connectivity index is 2.75. The lowest BCUT2D eigenvalue weighted by atomic mass is 10.0. The van der Waals surface area contributed by atoms with Crippen molar-refractivity contribution in [3.8, 4) is 0 Å². The Labute approximate surface area is 71.0 Å². The van der Waals surface area contributed by atoms with Crippen LogP contribution in [0.3, 0.4) is 0 Å². The maximum Gasteiger partial charge on any atom is 0.267 e. The molecule has 2 amide bonds. The molecule has 0 aromatic rings. The molecule has 1 atom stereocenters. The Hall–Kier alpha value is -1.32. The van der Waals surface area contributed by atoms with Gasteiger partial charge in [0.15, 0.2) is 0 Å². The second-order valence-electron chi connectivity index (χ2n) is 3.16. The van der Waals surface area contributed by atoms with Crippen molar-refractivity contribution < 1.29 is 9.59 Å². The molecule has 0 spiro atoms. The zero-order valence-corrected chi connectivity index (χ0v) is 7.18. The molecule has 1 unspecified atom stereocenters. The van der Waals surface area contributed by atoms with Crippen molar-refractivity contribution in [2.75, 3.05) is 0 Å². The summed E-state index contributed by atoms with van der Waals surface area (Å²) in [7, 11) is 0. The van der Waals surface area contributed by atoms with Gasteiger partial charge in [0, 0.05) is 0 Å². The first-order valence-corrected chi connectivity index (χ1v) is 3.83. The summed E-state index contributed by atoms with van der Waals surface area (Å²) in [5.74, 6) is -0.384. The summed E-state index contributed by atoms with van der Waals surface area (Å²) in [4.78, 5) is 22.2. The first-order valence-electron chi connectivity index (χ1n) is 3.83. The fourth-order valence-electron chi connectivity index (χ4n) is 1.05. The number of amides is 2. The molecule has 0 aromatic heterocycles. The molecule has 1 rings (SSSR count). The summed E-state index contributed by atoms with van der Waals surface area (Å²) in [6.07, 6.45) is 0. The van der Waals surface area contributed by atoms with Gasteiger partial charge in [-0.15, -0.1) is 0 Å². The summed E-state index contributed by atoms with van der Waals surface area (Å²) in [5.41, 5.74) is 0.122. The van der Waals surface area contributed by atoms with Gasteiger partial charge in [-0.05, 0) is 5.92 Å². The van der Waals surface area contributed by atoms with E-state index in [-0.39, 0.29) is 23.4 Å². The smallest absolute Gasteiger partial charge is 0.267 e. The number of hydrogen-bond donors (Lipinski definition) is 2. The predicted octanol–water partition coefficient (Wildman–Crippen LogP) is -0.229. The molecule has 12 heavy (non-hydrogen) atoms. The van der Waals surface area contributed by atoms with Crippen LogP contribution in [0.15, 0.2) is 12.3 Å². The quantitative estimate of drug-likeness (QED) is 0.531. The standard InChI is InChI=1S/C8H12N2O2/c1-4(2)6-8(12)9-5(3)7(11)10-6/h4,6H,3H2,1-2H3,(H,9,12)(H,10,11). The minimum absolute atomic E-state index is 0.0991. The van der Waals surface area contributed by atoms with Crippen LogP contribution in [0.5, 0.6) is 0 Å². The zero-order valence-electron chi connectivity index (χ0n) is 7.18. The van der Waals surface area contributed by atoms with Gasteiger partial charge in [-0.25, -0.2) is 0 Å². The fraction of sp³-hybridized carbons (Fsp3) is 0.500. The van der Waals surface area contributed by atoms with Crippen LogP contribution < -0.4 is 10.6 Å². The van der Waals surface area contributed by atoms with Crippen LogP contribution in [0.1, 0.15) is 13.8 Å². The molecule has 0 aromatic carbocycles. The number of rotatable bonds is 1. The molecule has 1 saturated heterocycles.